The maximum atomic E-state index is 11.9. The highest BCUT2D eigenvalue weighted by Crippen LogP contribution is 2.16. The number of benzene rings is 2. The number of carbonyl (C=O) groups excluding carboxylic acids is 4. The van der Waals surface area contributed by atoms with Gasteiger partial charge in [-0.3, -0.25) is 19.2 Å². The Morgan fingerprint density at radius 1 is 0.641 bits per heavy atom. The summed E-state index contributed by atoms with van der Waals surface area (Å²) in [6, 6.07) is 16.0. The van der Waals surface area contributed by atoms with Gasteiger partial charge in [-0.25, -0.2) is 0 Å². The minimum Gasteiger partial charge on any atom is -0.466 e. The van der Waals surface area contributed by atoms with Gasteiger partial charge in [-0.15, -0.1) is 0 Å². The number of carbonyl (C=O) groups is 4. The Balaban J connectivity index is 0.000000611. The van der Waals surface area contributed by atoms with E-state index in [1.807, 2.05) is 31.2 Å². The van der Waals surface area contributed by atoms with Crippen LogP contribution in [0.4, 0.5) is 0 Å². The van der Waals surface area contributed by atoms with E-state index in [9.17, 15) is 19.2 Å². The monoisotopic (exact) mass is 608 g/mol. The van der Waals surface area contributed by atoms with Gasteiger partial charge in [-0.05, 0) is 70.2 Å². The van der Waals surface area contributed by atoms with E-state index in [0.717, 1.165) is 16.5 Å². The summed E-state index contributed by atoms with van der Waals surface area (Å²) in [5, 5.41) is 0.958. The molecule has 0 unspecified atom stereocenters. The Kier molecular flexibility index (Phi) is 19.9. The molecular formula is C30H41BrO8. The quantitative estimate of drug-likeness (QED) is 0.139. The van der Waals surface area contributed by atoms with E-state index in [2.05, 4.69) is 56.6 Å². The van der Waals surface area contributed by atoms with Crippen molar-refractivity contribution in [1.82, 2.24) is 0 Å². The first-order valence-corrected chi connectivity index (χ1v) is 14.1. The molecule has 216 valence electrons. The highest BCUT2D eigenvalue weighted by atomic mass is 79.9. The van der Waals surface area contributed by atoms with Crippen molar-refractivity contribution in [3.63, 3.8) is 0 Å². The average molecular weight is 610 g/mol. The smallest absolute Gasteiger partial charge is 0.320 e. The molecule has 0 aliphatic heterocycles. The normalized spacial score (nSPS) is 9.74. The maximum absolute atomic E-state index is 11.9. The summed E-state index contributed by atoms with van der Waals surface area (Å²) in [6.07, 6.45) is 0.0199. The minimum absolute atomic E-state index is 0.252. The third-order valence-electron chi connectivity index (χ3n) is 5.13. The summed E-state index contributed by atoms with van der Waals surface area (Å²) in [5.41, 5.74) is 4.72. The van der Waals surface area contributed by atoms with Crippen molar-refractivity contribution in [2.45, 2.75) is 59.7 Å². The van der Waals surface area contributed by atoms with E-state index in [4.69, 9.17) is 9.47 Å². The first-order valence-electron chi connectivity index (χ1n) is 12.9. The van der Waals surface area contributed by atoms with E-state index in [-0.39, 0.29) is 32.8 Å². The van der Waals surface area contributed by atoms with Gasteiger partial charge in [0.2, 0.25) is 0 Å². The largest absolute Gasteiger partial charge is 0.466 e. The van der Waals surface area contributed by atoms with Crippen molar-refractivity contribution in [3.8, 4) is 0 Å². The molecule has 0 spiro atoms. The summed E-state index contributed by atoms with van der Waals surface area (Å²) < 4.78 is 18.9. The van der Waals surface area contributed by atoms with Gasteiger partial charge < -0.3 is 18.9 Å². The SMILES string of the molecule is CCOC(=O)C(Cc1ccccc1C)C(=O)OCC.CCOC(=O)CC(=O)OCC.Cc1ccccc1CBr. The van der Waals surface area contributed by atoms with Crippen LogP contribution in [0.25, 0.3) is 0 Å². The molecule has 0 aliphatic carbocycles. The first-order chi connectivity index (χ1) is 18.6. The van der Waals surface area contributed by atoms with Gasteiger partial charge in [0.15, 0.2) is 5.92 Å². The van der Waals surface area contributed by atoms with Crippen LogP contribution in [0.5, 0.6) is 0 Å². The fraction of sp³-hybridized carbons (Fsp3) is 0.467. The van der Waals surface area contributed by atoms with Crippen molar-refractivity contribution in [3.05, 3.63) is 70.8 Å². The van der Waals surface area contributed by atoms with E-state index in [1.54, 1.807) is 27.7 Å². The molecule has 0 aliphatic rings. The van der Waals surface area contributed by atoms with Crippen molar-refractivity contribution in [2.75, 3.05) is 26.4 Å². The lowest BCUT2D eigenvalue weighted by molar-refractivity contribution is -0.161. The standard InChI is InChI=1S/C15H20O4.C8H9Br.C7H12O4/c1-4-18-14(16)13(15(17)19-5-2)10-12-9-7-6-8-11(12)3;1-7-4-2-3-5-8(7)6-9;1-3-10-6(8)5-7(9)11-4-2/h6-9,13H,4-5,10H2,1-3H3;2-5H,6H2,1H3;3-5H2,1-2H3. The van der Waals surface area contributed by atoms with Crippen LogP contribution in [0.15, 0.2) is 48.5 Å². The Hall–Kier alpha value is -3.20. The molecule has 0 radical (unpaired) electrons. The van der Waals surface area contributed by atoms with Crippen molar-refractivity contribution in [2.24, 2.45) is 5.92 Å². The lowest BCUT2D eigenvalue weighted by Crippen LogP contribution is -2.30. The molecule has 0 heterocycles. The average Bonchev–Trinajstić information content (AvgIpc) is 2.89. The predicted molar refractivity (Wildman–Crippen MR) is 153 cm³/mol. The second-order valence-electron chi connectivity index (χ2n) is 8.03. The van der Waals surface area contributed by atoms with Crippen LogP contribution in [-0.4, -0.2) is 50.3 Å². The minimum atomic E-state index is -0.888. The Labute approximate surface area is 240 Å². The Morgan fingerprint density at radius 3 is 1.36 bits per heavy atom. The lowest BCUT2D eigenvalue weighted by atomic mass is 9.96. The summed E-state index contributed by atoms with van der Waals surface area (Å²) in [7, 11) is 0. The highest BCUT2D eigenvalue weighted by molar-refractivity contribution is 9.08. The highest BCUT2D eigenvalue weighted by Gasteiger charge is 2.30. The molecule has 0 aromatic heterocycles. The topological polar surface area (TPSA) is 105 Å². The van der Waals surface area contributed by atoms with Crippen molar-refractivity contribution in [1.29, 1.82) is 0 Å². The third-order valence-corrected chi connectivity index (χ3v) is 5.74. The lowest BCUT2D eigenvalue weighted by Gasteiger charge is -2.15. The zero-order valence-electron chi connectivity index (χ0n) is 23.8. The summed E-state index contributed by atoms with van der Waals surface area (Å²) in [5.74, 6) is -3.01. The third kappa shape index (κ3) is 15.7. The van der Waals surface area contributed by atoms with Crippen molar-refractivity contribution >= 4 is 39.8 Å². The Bertz CT molecular complexity index is 988. The van der Waals surface area contributed by atoms with E-state index < -0.39 is 29.8 Å². The van der Waals surface area contributed by atoms with Gasteiger partial charge in [0.1, 0.15) is 6.42 Å². The molecule has 2 aromatic carbocycles. The number of esters is 4. The zero-order chi connectivity index (χ0) is 29.6. The molecule has 9 heteroatoms. The molecule has 39 heavy (non-hydrogen) atoms. The number of hydrogen-bond acceptors (Lipinski definition) is 8. The molecule has 0 fully saturated rings. The molecule has 0 atom stereocenters. The molecule has 0 saturated carbocycles. The van der Waals surface area contributed by atoms with Crippen LogP contribution in [-0.2, 0) is 49.9 Å². The number of halogens is 1. The molecular weight excluding hydrogens is 568 g/mol. The predicted octanol–water partition coefficient (Wildman–Crippen LogP) is 5.67. The van der Waals surface area contributed by atoms with Gasteiger partial charge in [0.25, 0.3) is 0 Å². The van der Waals surface area contributed by atoms with E-state index in [1.165, 1.54) is 11.1 Å². The Morgan fingerprint density at radius 2 is 1.03 bits per heavy atom. The number of hydrogen-bond donors (Lipinski definition) is 0. The second-order valence-corrected chi connectivity index (χ2v) is 8.59. The van der Waals surface area contributed by atoms with Gasteiger partial charge in [-0.2, -0.15) is 0 Å². The molecule has 0 bridgehead atoms. The summed E-state index contributed by atoms with van der Waals surface area (Å²) in [4.78, 5) is 44.9. The molecule has 2 aromatic rings. The van der Waals surface area contributed by atoms with Crippen LogP contribution >= 0.6 is 15.9 Å². The zero-order valence-corrected chi connectivity index (χ0v) is 25.4. The maximum Gasteiger partial charge on any atom is 0.320 e. The summed E-state index contributed by atoms with van der Waals surface area (Å²) >= 11 is 3.41. The van der Waals surface area contributed by atoms with E-state index in [0.29, 0.717) is 6.42 Å². The fourth-order valence-corrected chi connectivity index (χ4v) is 3.74. The van der Waals surface area contributed by atoms with Gasteiger partial charge in [-0.1, -0.05) is 64.5 Å². The molecule has 0 amide bonds. The van der Waals surface area contributed by atoms with Gasteiger partial charge >= 0.3 is 23.9 Å². The molecule has 8 nitrogen and oxygen atoms in total. The molecule has 2 rings (SSSR count). The van der Waals surface area contributed by atoms with Gasteiger partial charge in [0.05, 0.1) is 26.4 Å². The van der Waals surface area contributed by atoms with Crippen molar-refractivity contribution < 1.29 is 38.1 Å². The van der Waals surface area contributed by atoms with Crippen LogP contribution in [0.2, 0.25) is 0 Å². The van der Waals surface area contributed by atoms with Gasteiger partial charge in [0, 0.05) is 5.33 Å². The van der Waals surface area contributed by atoms with Crippen LogP contribution in [0.1, 0.15) is 56.4 Å². The number of ether oxygens (including phenoxy) is 4. The number of aryl methyl sites for hydroxylation is 2. The van der Waals surface area contributed by atoms with Crippen LogP contribution in [0, 0.1) is 19.8 Å². The number of alkyl halides is 1. The van der Waals surface area contributed by atoms with E-state index >= 15 is 0 Å². The van der Waals surface area contributed by atoms with Crippen LogP contribution < -0.4 is 0 Å². The molecule has 0 saturated heterocycles. The molecule has 0 N–H and O–H groups in total. The first kappa shape index (κ1) is 35.8. The van der Waals surface area contributed by atoms with Crippen LogP contribution in [0.3, 0.4) is 0 Å². The fourth-order valence-electron chi connectivity index (χ4n) is 3.11. The number of rotatable bonds is 11. The summed E-state index contributed by atoms with van der Waals surface area (Å²) in [6.45, 7) is 12.0. The second kappa shape index (κ2) is 21.7.